The van der Waals surface area contributed by atoms with E-state index in [0.29, 0.717) is 0 Å². The van der Waals surface area contributed by atoms with Crippen LogP contribution >= 0.6 is 0 Å². The highest BCUT2D eigenvalue weighted by Gasteiger charge is 2.08. The first-order chi connectivity index (χ1) is 10.0. The van der Waals surface area contributed by atoms with Crippen LogP contribution in [0.25, 0.3) is 0 Å². The predicted octanol–water partition coefficient (Wildman–Crippen LogP) is 1.18. The van der Waals surface area contributed by atoms with Crippen LogP contribution in [-0.2, 0) is 4.74 Å². The molecule has 0 saturated carbocycles. The summed E-state index contributed by atoms with van der Waals surface area (Å²) in [5, 5.41) is 10.9. The van der Waals surface area contributed by atoms with Crippen molar-refractivity contribution >= 4 is 5.91 Å². The molecule has 1 aromatic carbocycles. The van der Waals surface area contributed by atoms with Gasteiger partial charge in [-0.1, -0.05) is 11.8 Å². The van der Waals surface area contributed by atoms with E-state index in [0.717, 1.165) is 6.07 Å². The molecule has 0 aliphatic heterocycles. The fourth-order valence-corrected chi connectivity index (χ4v) is 1.40. The summed E-state index contributed by atoms with van der Waals surface area (Å²) in [4.78, 5) is 11.7. The maximum atomic E-state index is 13.6. The quantitative estimate of drug-likeness (QED) is 0.613. The van der Waals surface area contributed by atoms with E-state index in [1.165, 1.54) is 12.1 Å². The van der Waals surface area contributed by atoms with Gasteiger partial charge in [0.1, 0.15) is 19.0 Å². The van der Waals surface area contributed by atoms with Crippen molar-refractivity contribution in [1.82, 2.24) is 5.32 Å². The van der Waals surface area contributed by atoms with E-state index in [1.807, 2.05) is 0 Å². The Hall–Kier alpha value is -2.04. The molecule has 114 valence electrons. The van der Waals surface area contributed by atoms with Crippen molar-refractivity contribution in [3.05, 3.63) is 35.1 Å². The van der Waals surface area contributed by atoms with Crippen LogP contribution in [0.4, 0.5) is 13.2 Å². The van der Waals surface area contributed by atoms with Crippen LogP contribution in [0.15, 0.2) is 18.2 Å². The number of amides is 1. The molecule has 0 aliphatic rings. The molecule has 0 radical (unpaired) electrons. The maximum Gasteiger partial charge on any atom is 0.261 e. The number of ether oxygens (including phenoxy) is 1. The number of halogens is 3. The summed E-state index contributed by atoms with van der Waals surface area (Å²) in [6, 6.07) is 3.71. The Morgan fingerprint density at radius 2 is 2.19 bits per heavy atom. The molecule has 1 aromatic rings. The zero-order valence-electron chi connectivity index (χ0n) is 11.0. The summed E-state index contributed by atoms with van der Waals surface area (Å²) in [5.74, 6) is 3.47. The van der Waals surface area contributed by atoms with Gasteiger partial charge in [0.25, 0.3) is 12.3 Å². The molecule has 21 heavy (non-hydrogen) atoms. The largest absolute Gasteiger partial charge is 0.384 e. The van der Waals surface area contributed by atoms with Gasteiger partial charge < -0.3 is 15.2 Å². The van der Waals surface area contributed by atoms with Gasteiger partial charge in [-0.3, -0.25) is 4.79 Å². The molecule has 0 atom stereocenters. The molecule has 1 amide bonds. The molecule has 0 aliphatic carbocycles. The first-order valence-electron chi connectivity index (χ1n) is 6.08. The van der Waals surface area contributed by atoms with Crippen LogP contribution in [0.1, 0.15) is 15.9 Å². The van der Waals surface area contributed by atoms with Crippen molar-refractivity contribution < 1.29 is 27.8 Å². The molecule has 4 nitrogen and oxygen atoms in total. The lowest BCUT2D eigenvalue weighted by molar-refractivity contribution is 0.0188. The summed E-state index contributed by atoms with van der Waals surface area (Å²) in [6.07, 6.45) is -2.55. The van der Waals surface area contributed by atoms with E-state index in [-0.39, 0.29) is 30.9 Å². The second kappa shape index (κ2) is 9.00. The summed E-state index contributed by atoms with van der Waals surface area (Å²) in [5.41, 5.74) is 0.150. The van der Waals surface area contributed by atoms with Gasteiger partial charge in [-0.05, 0) is 18.2 Å². The van der Waals surface area contributed by atoms with E-state index in [9.17, 15) is 18.0 Å². The van der Waals surface area contributed by atoms with Gasteiger partial charge in [0.2, 0.25) is 0 Å². The Labute approximate surface area is 119 Å². The number of hydrogen-bond donors (Lipinski definition) is 2. The molecule has 0 unspecified atom stereocenters. The first kappa shape index (κ1) is 17.0. The third kappa shape index (κ3) is 6.29. The molecule has 0 fully saturated rings. The fourth-order valence-electron chi connectivity index (χ4n) is 1.40. The lowest BCUT2D eigenvalue weighted by Gasteiger charge is -2.06. The summed E-state index contributed by atoms with van der Waals surface area (Å²) >= 11 is 0. The average molecular weight is 301 g/mol. The minimum atomic E-state index is -2.55. The third-order valence-corrected chi connectivity index (χ3v) is 2.31. The number of carbonyl (C=O) groups excluding carboxylic acids is 1. The van der Waals surface area contributed by atoms with Gasteiger partial charge >= 0.3 is 0 Å². The molecule has 0 heterocycles. The van der Waals surface area contributed by atoms with E-state index >= 15 is 0 Å². The zero-order valence-corrected chi connectivity index (χ0v) is 11.0. The average Bonchev–Trinajstić information content (AvgIpc) is 2.45. The number of rotatable bonds is 6. The SMILES string of the molecule is O=C(NCCOCC(F)F)c1ccc(C#CCO)c(F)c1. The molecule has 0 spiro atoms. The Balaban J connectivity index is 2.49. The number of carbonyl (C=O) groups is 1. The molecule has 0 saturated heterocycles. The number of benzene rings is 1. The Morgan fingerprint density at radius 3 is 2.81 bits per heavy atom. The Kier molecular flexibility index (Phi) is 7.29. The van der Waals surface area contributed by atoms with E-state index in [4.69, 9.17) is 5.11 Å². The molecule has 0 aromatic heterocycles. The number of nitrogens with one attached hydrogen (secondary N) is 1. The molecular weight excluding hydrogens is 287 g/mol. The van der Waals surface area contributed by atoms with Crippen molar-refractivity contribution in [2.45, 2.75) is 6.43 Å². The van der Waals surface area contributed by atoms with Crippen LogP contribution in [0.3, 0.4) is 0 Å². The highest BCUT2D eigenvalue weighted by molar-refractivity contribution is 5.94. The summed E-state index contributed by atoms with van der Waals surface area (Å²) < 4.78 is 41.7. The first-order valence-corrected chi connectivity index (χ1v) is 6.08. The van der Waals surface area contributed by atoms with E-state index in [2.05, 4.69) is 21.9 Å². The molecule has 0 bridgehead atoms. The molecular formula is C14H14F3NO3. The predicted molar refractivity (Wildman–Crippen MR) is 69.5 cm³/mol. The van der Waals surface area contributed by atoms with Gasteiger partial charge in [-0.2, -0.15) is 0 Å². The fraction of sp³-hybridized carbons (Fsp3) is 0.357. The van der Waals surface area contributed by atoms with Gasteiger partial charge in [-0.25, -0.2) is 13.2 Å². The second-order valence-corrected chi connectivity index (χ2v) is 3.88. The maximum absolute atomic E-state index is 13.6. The van der Waals surface area contributed by atoms with Crippen LogP contribution < -0.4 is 5.32 Å². The Bertz CT molecular complexity index is 538. The van der Waals surface area contributed by atoms with Gasteiger partial charge in [0.15, 0.2) is 0 Å². The monoisotopic (exact) mass is 301 g/mol. The Morgan fingerprint density at radius 1 is 1.43 bits per heavy atom. The normalized spacial score (nSPS) is 10.1. The van der Waals surface area contributed by atoms with E-state index in [1.54, 1.807) is 0 Å². The minimum Gasteiger partial charge on any atom is -0.384 e. The van der Waals surface area contributed by atoms with Crippen molar-refractivity contribution in [1.29, 1.82) is 0 Å². The molecule has 7 heteroatoms. The third-order valence-electron chi connectivity index (χ3n) is 2.31. The highest BCUT2D eigenvalue weighted by Crippen LogP contribution is 2.09. The standard InChI is InChI=1S/C14H14F3NO3/c15-12-8-11(4-3-10(12)2-1-6-19)14(20)18-5-7-21-9-13(16)17/h3-4,8,13,19H,5-7,9H2,(H,18,20). The number of alkyl halides is 2. The topological polar surface area (TPSA) is 58.6 Å². The second-order valence-electron chi connectivity index (χ2n) is 3.88. The number of aliphatic hydroxyl groups is 1. The summed E-state index contributed by atoms with van der Waals surface area (Å²) in [7, 11) is 0. The van der Waals surface area contributed by atoms with Crippen LogP contribution in [0.5, 0.6) is 0 Å². The van der Waals surface area contributed by atoms with Crippen molar-refractivity contribution in [3.8, 4) is 11.8 Å². The van der Waals surface area contributed by atoms with Crippen LogP contribution in [0, 0.1) is 17.7 Å². The van der Waals surface area contributed by atoms with E-state index < -0.39 is 24.8 Å². The highest BCUT2D eigenvalue weighted by atomic mass is 19.3. The van der Waals surface area contributed by atoms with Crippen molar-refractivity contribution in [2.75, 3.05) is 26.4 Å². The molecule has 2 N–H and O–H groups in total. The van der Waals surface area contributed by atoms with Crippen molar-refractivity contribution in [2.24, 2.45) is 0 Å². The van der Waals surface area contributed by atoms with Crippen LogP contribution in [0.2, 0.25) is 0 Å². The lowest BCUT2D eigenvalue weighted by atomic mass is 10.1. The number of aliphatic hydroxyl groups excluding tert-OH is 1. The zero-order chi connectivity index (χ0) is 15.7. The number of hydrogen-bond acceptors (Lipinski definition) is 3. The van der Waals surface area contributed by atoms with Gasteiger partial charge in [0.05, 0.1) is 12.2 Å². The minimum absolute atomic E-state index is 0.0409. The lowest BCUT2D eigenvalue weighted by Crippen LogP contribution is -2.27. The van der Waals surface area contributed by atoms with Gasteiger partial charge in [0, 0.05) is 12.1 Å². The molecule has 1 rings (SSSR count). The van der Waals surface area contributed by atoms with Gasteiger partial charge in [-0.15, -0.1) is 0 Å². The van der Waals surface area contributed by atoms with Crippen LogP contribution in [-0.4, -0.2) is 43.8 Å². The smallest absolute Gasteiger partial charge is 0.261 e. The summed E-state index contributed by atoms with van der Waals surface area (Å²) in [6.45, 7) is -1.10. The van der Waals surface area contributed by atoms with Crippen molar-refractivity contribution in [3.63, 3.8) is 0 Å².